The third-order valence-electron chi connectivity index (χ3n) is 2.02. The summed E-state index contributed by atoms with van der Waals surface area (Å²) in [5, 5.41) is 0.236. The van der Waals surface area contributed by atoms with Crippen molar-refractivity contribution < 1.29 is 8.42 Å². The largest absolute Gasteiger partial charge is 0.334 e. The first kappa shape index (κ1) is 13.2. The number of aromatic nitrogens is 2. The summed E-state index contributed by atoms with van der Waals surface area (Å²) in [5.41, 5.74) is 0. The summed E-state index contributed by atoms with van der Waals surface area (Å²) in [5.74, 6) is 0.660. The van der Waals surface area contributed by atoms with Gasteiger partial charge in [-0.15, -0.1) is 0 Å². The molecule has 0 radical (unpaired) electrons. The molecule has 1 aromatic heterocycles. The number of hydrogen-bond donors (Lipinski definition) is 1. The minimum Gasteiger partial charge on any atom is -0.334 e. The molecule has 0 saturated carbocycles. The molecule has 1 rings (SSSR count). The summed E-state index contributed by atoms with van der Waals surface area (Å²) in [7, 11) is -3.59. The number of rotatable bonds is 5. The number of imidazole rings is 1. The van der Waals surface area contributed by atoms with E-state index in [0.717, 1.165) is 0 Å². The zero-order chi connectivity index (χ0) is 12.3. The first-order valence-corrected chi connectivity index (χ1v) is 6.59. The molecule has 90 valence electrons. The van der Waals surface area contributed by atoms with Crippen LogP contribution in [0.2, 0.25) is 0 Å². The van der Waals surface area contributed by atoms with Gasteiger partial charge in [0.2, 0.25) is 0 Å². The van der Waals surface area contributed by atoms with Gasteiger partial charge in [0, 0.05) is 24.3 Å². The van der Waals surface area contributed by atoms with E-state index >= 15 is 0 Å². The summed E-state index contributed by atoms with van der Waals surface area (Å²) in [6.07, 6.45) is 1.49. The van der Waals surface area contributed by atoms with Gasteiger partial charge in [-0.1, -0.05) is 18.2 Å². The Kier molecular flexibility index (Phi) is 4.12. The quantitative estimate of drug-likeness (QED) is 0.869. The third kappa shape index (κ3) is 3.07. The lowest BCUT2D eigenvalue weighted by atomic mass is 10.6. The minimum atomic E-state index is -3.59. The van der Waals surface area contributed by atoms with Gasteiger partial charge in [-0.25, -0.2) is 18.1 Å². The highest BCUT2D eigenvalue weighted by atomic mass is 35.5. The van der Waals surface area contributed by atoms with Gasteiger partial charge in [-0.2, -0.15) is 0 Å². The van der Waals surface area contributed by atoms with Crippen LogP contribution >= 0.6 is 11.6 Å². The second kappa shape index (κ2) is 4.99. The molecule has 0 saturated heterocycles. The van der Waals surface area contributed by atoms with E-state index < -0.39 is 10.0 Å². The summed E-state index contributed by atoms with van der Waals surface area (Å²) >= 11 is 5.49. The Morgan fingerprint density at radius 1 is 1.69 bits per heavy atom. The topological polar surface area (TPSA) is 64.0 Å². The molecule has 16 heavy (non-hydrogen) atoms. The lowest BCUT2D eigenvalue weighted by Crippen LogP contribution is -2.25. The molecule has 0 aromatic carbocycles. The molecule has 0 aliphatic heterocycles. The third-order valence-corrected chi connectivity index (χ3v) is 3.43. The van der Waals surface area contributed by atoms with Crippen molar-refractivity contribution in [3.63, 3.8) is 0 Å². The van der Waals surface area contributed by atoms with Crippen molar-refractivity contribution in [3.8, 4) is 0 Å². The number of halogens is 1. The van der Waals surface area contributed by atoms with E-state index in [4.69, 9.17) is 11.6 Å². The maximum absolute atomic E-state index is 11.7. The summed E-state index contributed by atoms with van der Waals surface area (Å²) in [6, 6.07) is 0. The van der Waals surface area contributed by atoms with Gasteiger partial charge < -0.3 is 4.57 Å². The Hall–Kier alpha value is -0.850. The molecule has 0 fully saturated rings. The van der Waals surface area contributed by atoms with Crippen LogP contribution in [0.4, 0.5) is 0 Å². The zero-order valence-corrected chi connectivity index (χ0v) is 10.8. The number of nitrogens with one attached hydrogen (secondary N) is 1. The fourth-order valence-corrected chi connectivity index (χ4v) is 2.35. The maximum Gasteiger partial charge on any atom is 0.259 e. The monoisotopic (exact) mass is 263 g/mol. The van der Waals surface area contributed by atoms with Crippen molar-refractivity contribution in [3.05, 3.63) is 23.6 Å². The lowest BCUT2D eigenvalue weighted by Gasteiger charge is -2.01. The Balaban J connectivity index is 2.94. The molecular formula is C9H14ClN3O2S. The van der Waals surface area contributed by atoms with Crippen LogP contribution in [0.5, 0.6) is 0 Å². The van der Waals surface area contributed by atoms with E-state index in [-0.39, 0.29) is 16.6 Å². The Bertz CT molecular complexity index is 493. The molecule has 1 heterocycles. The molecule has 5 nitrogen and oxygen atoms in total. The van der Waals surface area contributed by atoms with E-state index in [2.05, 4.69) is 16.3 Å². The van der Waals surface area contributed by atoms with Crippen LogP contribution < -0.4 is 4.72 Å². The standard InChI is InChI=1S/C9H14ClN3O2S/c1-4-13-6-9(12-8(13)3)16(14,15)11-5-7(2)10/h6,11H,2,4-5H2,1,3H3. The van der Waals surface area contributed by atoms with E-state index in [1.807, 2.05) is 6.92 Å². The van der Waals surface area contributed by atoms with Crippen molar-refractivity contribution >= 4 is 21.6 Å². The minimum absolute atomic E-state index is 0.00191. The molecule has 1 N–H and O–H groups in total. The molecule has 0 atom stereocenters. The van der Waals surface area contributed by atoms with Crippen LogP contribution in [0.1, 0.15) is 12.7 Å². The van der Waals surface area contributed by atoms with Gasteiger partial charge in [0.25, 0.3) is 10.0 Å². The van der Waals surface area contributed by atoms with E-state index in [1.54, 1.807) is 11.5 Å². The molecule has 0 bridgehead atoms. The highest BCUT2D eigenvalue weighted by Gasteiger charge is 2.18. The van der Waals surface area contributed by atoms with Crippen molar-refractivity contribution in [2.45, 2.75) is 25.4 Å². The fourth-order valence-electron chi connectivity index (χ4n) is 1.18. The van der Waals surface area contributed by atoms with Gasteiger partial charge in [0.15, 0.2) is 5.03 Å². The van der Waals surface area contributed by atoms with Crippen LogP contribution in [-0.2, 0) is 16.6 Å². The highest BCUT2D eigenvalue weighted by Crippen LogP contribution is 2.09. The SMILES string of the molecule is C=C(Cl)CNS(=O)(=O)c1cn(CC)c(C)n1. The smallest absolute Gasteiger partial charge is 0.259 e. The van der Waals surface area contributed by atoms with Crippen molar-refractivity contribution in [1.29, 1.82) is 0 Å². The molecule has 7 heteroatoms. The van der Waals surface area contributed by atoms with E-state index in [0.29, 0.717) is 12.4 Å². The van der Waals surface area contributed by atoms with Crippen molar-refractivity contribution in [2.75, 3.05) is 6.54 Å². The second-order valence-electron chi connectivity index (χ2n) is 3.25. The maximum atomic E-state index is 11.7. The fraction of sp³-hybridized carbons (Fsp3) is 0.444. The van der Waals surface area contributed by atoms with Crippen LogP contribution in [0.25, 0.3) is 0 Å². The Morgan fingerprint density at radius 2 is 2.31 bits per heavy atom. The second-order valence-corrected chi connectivity index (χ2v) is 5.50. The summed E-state index contributed by atoms with van der Waals surface area (Å²) in [6.45, 7) is 7.75. The molecular weight excluding hydrogens is 250 g/mol. The van der Waals surface area contributed by atoms with Crippen molar-refractivity contribution in [2.24, 2.45) is 0 Å². The summed E-state index contributed by atoms with van der Waals surface area (Å²) < 4.78 is 27.5. The Morgan fingerprint density at radius 3 is 2.75 bits per heavy atom. The van der Waals surface area contributed by atoms with Gasteiger partial charge in [-0.3, -0.25) is 0 Å². The summed E-state index contributed by atoms with van der Waals surface area (Å²) in [4.78, 5) is 3.97. The normalized spacial score (nSPS) is 11.7. The first-order chi connectivity index (χ1) is 7.36. The van der Waals surface area contributed by atoms with Crippen LogP contribution in [0.15, 0.2) is 22.8 Å². The van der Waals surface area contributed by atoms with Crippen LogP contribution in [0, 0.1) is 6.92 Å². The number of nitrogens with zero attached hydrogens (tertiary/aromatic N) is 2. The van der Waals surface area contributed by atoms with Gasteiger partial charge in [0.1, 0.15) is 5.82 Å². The molecule has 0 amide bonds. The van der Waals surface area contributed by atoms with Gasteiger partial charge >= 0.3 is 0 Å². The Labute approximate surface area is 100 Å². The van der Waals surface area contributed by atoms with Gasteiger partial charge in [0.05, 0.1) is 0 Å². The molecule has 0 aliphatic rings. The first-order valence-electron chi connectivity index (χ1n) is 4.73. The van der Waals surface area contributed by atoms with Crippen molar-refractivity contribution in [1.82, 2.24) is 14.3 Å². The van der Waals surface area contributed by atoms with Crippen LogP contribution in [0.3, 0.4) is 0 Å². The number of hydrogen-bond acceptors (Lipinski definition) is 3. The lowest BCUT2D eigenvalue weighted by molar-refractivity contribution is 0.582. The molecule has 0 aliphatic carbocycles. The average molecular weight is 264 g/mol. The molecule has 0 spiro atoms. The van der Waals surface area contributed by atoms with E-state index in [9.17, 15) is 8.42 Å². The average Bonchev–Trinajstić information content (AvgIpc) is 2.57. The number of sulfonamides is 1. The predicted molar refractivity (Wildman–Crippen MR) is 62.8 cm³/mol. The zero-order valence-electron chi connectivity index (χ0n) is 9.20. The van der Waals surface area contributed by atoms with Gasteiger partial charge in [-0.05, 0) is 13.8 Å². The predicted octanol–water partition coefficient (Wildman–Crippen LogP) is 1.24. The van der Waals surface area contributed by atoms with E-state index in [1.165, 1.54) is 6.20 Å². The highest BCUT2D eigenvalue weighted by molar-refractivity contribution is 7.89. The number of aryl methyl sites for hydroxylation is 2. The van der Waals surface area contributed by atoms with Crippen LogP contribution in [-0.4, -0.2) is 24.5 Å². The molecule has 0 unspecified atom stereocenters. The molecule has 1 aromatic rings.